The highest BCUT2D eigenvalue weighted by Crippen LogP contribution is 2.61. The normalized spacial score (nSPS) is 22.2. The lowest BCUT2D eigenvalue weighted by atomic mass is 9.94. The first kappa shape index (κ1) is 25.9. The Hall–Kier alpha value is -2.13. The molecule has 0 radical (unpaired) electrons. The first-order valence-corrected chi connectivity index (χ1v) is 13.1. The van der Waals surface area contributed by atoms with Crippen molar-refractivity contribution in [3.63, 3.8) is 0 Å². The second kappa shape index (κ2) is 10.1. The van der Waals surface area contributed by atoms with Crippen LogP contribution in [0.2, 0.25) is 0 Å². The molecule has 2 aromatic rings. The van der Waals surface area contributed by atoms with Crippen LogP contribution in [0.15, 0.2) is 35.2 Å². The van der Waals surface area contributed by atoms with E-state index in [9.17, 15) is 19.4 Å². The van der Waals surface area contributed by atoms with Crippen LogP contribution in [0.1, 0.15) is 55.0 Å². The van der Waals surface area contributed by atoms with Gasteiger partial charge in [-0.1, -0.05) is 18.2 Å². The molecule has 0 amide bonds. The summed E-state index contributed by atoms with van der Waals surface area (Å²) < 4.78 is 26.0. The number of carboxylic acids is 1. The van der Waals surface area contributed by atoms with E-state index >= 15 is 0 Å². The van der Waals surface area contributed by atoms with Crippen LogP contribution in [0.3, 0.4) is 0 Å². The molecule has 1 aliphatic heterocycles. The lowest BCUT2D eigenvalue weighted by Gasteiger charge is -2.28. The van der Waals surface area contributed by atoms with Gasteiger partial charge in [0.2, 0.25) is 0 Å². The third-order valence-corrected chi connectivity index (χ3v) is 7.68. The zero-order valence-corrected chi connectivity index (χ0v) is 21.6. The summed E-state index contributed by atoms with van der Waals surface area (Å²) in [6.45, 7) is 8.35. The first-order chi connectivity index (χ1) is 16.5. The monoisotopic (exact) mass is 503 g/mol. The summed E-state index contributed by atoms with van der Waals surface area (Å²) >= 11 is 1.38. The molecule has 1 aliphatic carbocycles. The number of aliphatic hydroxyl groups is 1. The van der Waals surface area contributed by atoms with Gasteiger partial charge in [0.05, 0.1) is 18.8 Å². The van der Waals surface area contributed by atoms with E-state index < -0.39 is 18.0 Å². The number of aliphatic hydroxyl groups excluding tert-OH is 1. The molecule has 0 bridgehead atoms. The second-order valence-corrected chi connectivity index (χ2v) is 11.1. The highest BCUT2D eigenvalue weighted by atomic mass is 32.2. The minimum absolute atomic E-state index is 0.126. The number of carbonyl (C=O) groups is 1. The number of β-amino-alcohol motifs (C(OH)–C–C–N with tert-alkyl or cyclic N) is 1. The Morgan fingerprint density at radius 1 is 1.31 bits per heavy atom. The number of fused-ring (bicyclic) bond motifs is 3. The molecule has 2 aliphatic rings. The van der Waals surface area contributed by atoms with Gasteiger partial charge in [0.15, 0.2) is 0 Å². The van der Waals surface area contributed by atoms with Crippen LogP contribution in [0.5, 0.6) is 5.75 Å². The molecule has 5 atom stereocenters. The Morgan fingerprint density at radius 3 is 2.71 bits per heavy atom. The molecule has 0 aromatic heterocycles. The SMILES string of the molecule is CSc1ccc(CC(C)(C)NC[C@@H](O)CO[C@H](C)c2ccc(C)c3c2C2C(O3)C2C(=O)O)cc1F. The largest absolute Gasteiger partial charge is 0.488 e. The van der Waals surface area contributed by atoms with Gasteiger partial charge in [0.1, 0.15) is 23.6 Å². The van der Waals surface area contributed by atoms with Gasteiger partial charge in [0.25, 0.3) is 0 Å². The number of benzene rings is 2. The number of carboxylic acid groups (broad SMARTS) is 1. The molecule has 4 rings (SSSR count). The Balaban J connectivity index is 1.31. The number of hydrogen-bond donors (Lipinski definition) is 3. The van der Waals surface area contributed by atoms with Crippen LogP contribution in [-0.2, 0) is 16.0 Å². The van der Waals surface area contributed by atoms with Crippen molar-refractivity contribution in [2.75, 3.05) is 19.4 Å². The zero-order chi connectivity index (χ0) is 25.5. The maximum absolute atomic E-state index is 14.1. The Morgan fingerprint density at radius 2 is 2.06 bits per heavy atom. The molecule has 0 saturated heterocycles. The smallest absolute Gasteiger partial charge is 0.311 e. The number of aliphatic carboxylic acids is 1. The van der Waals surface area contributed by atoms with Crippen molar-refractivity contribution < 1.29 is 28.9 Å². The van der Waals surface area contributed by atoms with E-state index in [1.165, 1.54) is 11.8 Å². The standard InChI is InChI=1S/C27H34FNO5S/c1-14-6-8-18(21-22-23(26(31)32)25(22)34-24(14)21)15(2)33-13-17(30)12-29-27(3,4)11-16-7-9-20(35-5)19(28)10-16/h6-10,15,17,22-23,25,29-30H,11-13H2,1-5H3,(H,31,32)/t15-,17-,22?,23?,25?/m1/s1. The van der Waals surface area contributed by atoms with Gasteiger partial charge in [-0.2, -0.15) is 0 Å². The van der Waals surface area contributed by atoms with E-state index in [0.717, 1.165) is 28.0 Å². The summed E-state index contributed by atoms with van der Waals surface area (Å²) in [5, 5.41) is 23.3. The van der Waals surface area contributed by atoms with E-state index in [0.29, 0.717) is 17.9 Å². The van der Waals surface area contributed by atoms with Crippen molar-refractivity contribution >= 4 is 17.7 Å². The molecule has 0 spiro atoms. The van der Waals surface area contributed by atoms with Gasteiger partial charge < -0.3 is 25.0 Å². The molecule has 1 heterocycles. The van der Waals surface area contributed by atoms with Gasteiger partial charge in [-0.3, -0.25) is 4.79 Å². The van der Waals surface area contributed by atoms with Crippen molar-refractivity contribution in [1.29, 1.82) is 0 Å². The van der Waals surface area contributed by atoms with Crippen LogP contribution < -0.4 is 10.1 Å². The van der Waals surface area contributed by atoms with E-state index in [1.807, 2.05) is 52.1 Å². The number of ether oxygens (including phenoxy) is 2. The third kappa shape index (κ3) is 5.50. The number of thioether (sulfide) groups is 1. The molecular weight excluding hydrogens is 469 g/mol. The second-order valence-electron chi connectivity index (χ2n) is 10.2. The summed E-state index contributed by atoms with van der Waals surface area (Å²) in [4.78, 5) is 12.1. The Kier molecular flexibility index (Phi) is 7.48. The van der Waals surface area contributed by atoms with Gasteiger partial charge in [-0.05, 0) is 69.2 Å². The fourth-order valence-electron chi connectivity index (χ4n) is 4.97. The number of hydrogen-bond acceptors (Lipinski definition) is 6. The summed E-state index contributed by atoms with van der Waals surface area (Å²) in [6.07, 6.45) is 1.12. The van der Waals surface area contributed by atoms with Crippen molar-refractivity contribution in [3.8, 4) is 5.75 Å². The molecule has 8 heteroatoms. The summed E-state index contributed by atoms with van der Waals surface area (Å²) in [5.74, 6) is -0.910. The molecule has 3 unspecified atom stereocenters. The highest BCUT2D eigenvalue weighted by molar-refractivity contribution is 7.98. The minimum atomic E-state index is -0.835. The van der Waals surface area contributed by atoms with Crippen LogP contribution in [0.4, 0.5) is 4.39 Å². The van der Waals surface area contributed by atoms with Crippen LogP contribution in [0, 0.1) is 18.7 Å². The molecule has 1 fully saturated rings. The average molecular weight is 504 g/mol. The fraction of sp³-hybridized carbons (Fsp3) is 0.519. The Labute approximate surface area is 210 Å². The molecular formula is C27H34FNO5S. The van der Waals surface area contributed by atoms with Gasteiger partial charge in [-0.25, -0.2) is 4.39 Å². The van der Waals surface area contributed by atoms with E-state index in [4.69, 9.17) is 9.47 Å². The average Bonchev–Trinajstić information content (AvgIpc) is 3.38. The number of rotatable bonds is 11. The molecule has 190 valence electrons. The van der Waals surface area contributed by atoms with Crippen LogP contribution in [0.25, 0.3) is 0 Å². The summed E-state index contributed by atoms with van der Waals surface area (Å²) in [6, 6.07) is 9.23. The van der Waals surface area contributed by atoms with Crippen molar-refractivity contribution in [2.45, 2.75) is 68.8 Å². The van der Waals surface area contributed by atoms with Gasteiger partial charge in [-0.15, -0.1) is 11.8 Å². The fourth-order valence-corrected chi connectivity index (χ4v) is 5.43. The number of nitrogens with one attached hydrogen (secondary N) is 1. The number of aryl methyl sites for hydroxylation is 1. The summed E-state index contributed by atoms with van der Waals surface area (Å²) in [5.41, 5.74) is 3.38. The minimum Gasteiger partial charge on any atom is -0.488 e. The van der Waals surface area contributed by atoms with Crippen molar-refractivity contribution in [1.82, 2.24) is 5.32 Å². The number of halogens is 1. The molecule has 2 aromatic carbocycles. The van der Waals surface area contributed by atoms with E-state index in [-0.39, 0.29) is 36.1 Å². The topological polar surface area (TPSA) is 88.0 Å². The molecule has 1 saturated carbocycles. The van der Waals surface area contributed by atoms with E-state index in [2.05, 4.69) is 5.32 Å². The first-order valence-electron chi connectivity index (χ1n) is 11.9. The zero-order valence-electron chi connectivity index (χ0n) is 20.8. The van der Waals surface area contributed by atoms with Gasteiger partial charge >= 0.3 is 5.97 Å². The predicted octanol–water partition coefficient (Wildman–Crippen LogP) is 4.46. The lowest BCUT2D eigenvalue weighted by molar-refractivity contribution is -0.139. The quantitative estimate of drug-likeness (QED) is 0.390. The maximum atomic E-state index is 14.1. The molecule has 6 nitrogen and oxygen atoms in total. The van der Waals surface area contributed by atoms with E-state index in [1.54, 1.807) is 12.1 Å². The van der Waals surface area contributed by atoms with Crippen molar-refractivity contribution in [3.05, 3.63) is 58.4 Å². The molecule has 35 heavy (non-hydrogen) atoms. The van der Waals surface area contributed by atoms with Gasteiger partial charge in [0, 0.05) is 28.5 Å². The third-order valence-electron chi connectivity index (χ3n) is 6.91. The highest BCUT2D eigenvalue weighted by Gasteiger charge is 2.64. The summed E-state index contributed by atoms with van der Waals surface area (Å²) in [7, 11) is 0. The molecule has 3 N–H and O–H groups in total. The van der Waals surface area contributed by atoms with Crippen LogP contribution >= 0.6 is 11.8 Å². The Bertz CT molecular complexity index is 1110. The maximum Gasteiger partial charge on any atom is 0.311 e. The predicted molar refractivity (Wildman–Crippen MR) is 134 cm³/mol. The van der Waals surface area contributed by atoms with Crippen molar-refractivity contribution in [2.24, 2.45) is 5.92 Å². The lowest BCUT2D eigenvalue weighted by Crippen LogP contribution is -2.46. The van der Waals surface area contributed by atoms with Crippen LogP contribution in [-0.4, -0.2) is 53.3 Å².